The van der Waals surface area contributed by atoms with Gasteiger partial charge in [-0.15, -0.1) is 0 Å². The summed E-state index contributed by atoms with van der Waals surface area (Å²) in [5.74, 6) is 1.69. The minimum Gasteiger partial charge on any atom is -0.492 e. The van der Waals surface area contributed by atoms with Crippen molar-refractivity contribution in [3.8, 4) is 5.75 Å². The lowest BCUT2D eigenvalue weighted by atomic mass is 10.2. The van der Waals surface area contributed by atoms with Crippen molar-refractivity contribution in [1.29, 1.82) is 0 Å². The highest BCUT2D eigenvalue weighted by molar-refractivity contribution is 5.79. The molecule has 168 valence electrons. The molecule has 30 heavy (non-hydrogen) atoms. The van der Waals surface area contributed by atoms with Crippen molar-refractivity contribution in [2.75, 3.05) is 72.9 Å². The van der Waals surface area contributed by atoms with Gasteiger partial charge in [0.05, 0.1) is 25.9 Å². The Balaban J connectivity index is 1.29. The third-order valence-corrected chi connectivity index (χ3v) is 5.22. The van der Waals surface area contributed by atoms with Crippen LogP contribution in [0, 0.1) is 0 Å². The van der Waals surface area contributed by atoms with Crippen LogP contribution in [0.5, 0.6) is 5.75 Å². The lowest BCUT2D eigenvalue weighted by molar-refractivity contribution is 0.0322. The van der Waals surface area contributed by atoms with Crippen LogP contribution in [0.3, 0.4) is 0 Å². The van der Waals surface area contributed by atoms with Gasteiger partial charge in [0.25, 0.3) is 0 Å². The van der Waals surface area contributed by atoms with Crippen molar-refractivity contribution >= 4 is 5.96 Å². The van der Waals surface area contributed by atoms with Crippen LogP contribution in [0.25, 0.3) is 0 Å². The van der Waals surface area contributed by atoms with Gasteiger partial charge in [0, 0.05) is 53.0 Å². The van der Waals surface area contributed by atoms with Crippen LogP contribution in [0.1, 0.15) is 18.4 Å². The average molecular weight is 421 g/mol. The summed E-state index contributed by atoms with van der Waals surface area (Å²) >= 11 is 0. The molecule has 1 aromatic rings. The second-order valence-electron chi connectivity index (χ2n) is 7.51. The largest absolute Gasteiger partial charge is 0.492 e. The van der Waals surface area contributed by atoms with Crippen LogP contribution >= 0.6 is 0 Å². The Morgan fingerprint density at radius 1 is 1.17 bits per heavy atom. The van der Waals surface area contributed by atoms with E-state index in [1.165, 1.54) is 0 Å². The molecule has 0 saturated carbocycles. The van der Waals surface area contributed by atoms with Gasteiger partial charge in [0.2, 0.25) is 0 Å². The monoisotopic (exact) mass is 420 g/mol. The lowest BCUT2D eigenvalue weighted by Gasteiger charge is -2.26. The van der Waals surface area contributed by atoms with Gasteiger partial charge in [-0.05, 0) is 30.5 Å². The van der Waals surface area contributed by atoms with Gasteiger partial charge in [-0.3, -0.25) is 9.89 Å². The highest BCUT2D eigenvalue weighted by Crippen LogP contribution is 2.13. The summed E-state index contributed by atoms with van der Waals surface area (Å²) in [6.45, 7) is 9.02. The molecule has 3 rings (SSSR count). The Morgan fingerprint density at radius 2 is 2.07 bits per heavy atom. The fraction of sp³-hybridized carbons (Fsp3) is 0.682. The first-order valence-corrected chi connectivity index (χ1v) is 11.0. The van der Waals surface area contributed by atoms with Gasteiger partial charge < -0.3 is 29.6 Å². The topological polar surface area (TPSA) is 76.6 Å². The number of aliphatic imine (C=N–C) groups is 1. The van der Waals surface area contributed by atoms with Crippen molar-refractivity contribution in [2.45, 2.75) is 25.5 Å². The van der Waals surface area contributed by atoms with Gasteiger partial charge in [0.1, 0.15) is 12.4 Å². The third kappa shape index (κ3) is 8.47. The quantitative estimate of drug-likeness (QED) is 0.317. The van der Waals surface area contributed by atoms with Crippen LogP contribution in [-0.2, 0) is 20.8 Å². The molecule has 2 fully saturated rings. The second kappa shape index (κ2) is 13.4. The van der Waals surface area contributed by atoms with Crippen molar-refractivity contribution in [2.24, 2.45) is 4.99 Å². The molecule has 8 heteroatoms. The third-order valence-electron chi connectivity index (χ3n) is 5.22. The van der Waals surface area contributed by atoms with Crippen molar-refractivity contribution in [3.05, 3.63) is 29.8 Å². The fourth-order valence-corrected chi connectivity index (χ4v) is 3.44. The Bertz CT molecular complexity index is 631. The molecule has 0 amide bonds. The number of nitrogens with zero attached hydrogens (tertiary/aromatic N) is 2. The minimum absolute atomic E-state index is 0.269. The van der Waals surface area contributed by atoms with Crippen LogP contribution in [0.2, 0.25) is 0 Å². The first-order valence-electron chi connectivity index (χ1n) is 11.0. The number of ether oxygens (including phenoxy) is 4. The predicted molar refractivity (Wildman–Crippen MR) is 117 cm³/mol. The van der Waals surface area contributed by atoms with E-state index in [0.717, 1.165) is 89.3 Å². The maximum atomic E-state index is 5.94. The Labute approximate surface area is 179 Å². The first-order chi connectivity index (χ1) is 14.8. The number of hydrogen-bond acceptors (Lipinski definition) is 6. The molecule has 8 nitrogen and oxygen atoms in total. The maximum absolute atomic E-state index is 5.94. The minimum atomic E-state index is 0.269. The van der Waals surface area contributed by atoms with Crippen LogP contribution < -0.4 is 15.4 Å². The molecule has 2 aliphatic rings. The molecule has 1 aromatic carbocycles. The second-order valence-corrected chi connectivity index (χ2v) is 7.51. The molecule has 1 atom stereocenters. The summed E-state index contributed by atoms with van der Waals surface area (Å²) in [7, 11) is 1.78. The highest BCUT2D eigenvalue weighted by Gasteiger charge is 2.15. The van der Waals surface area contributed by atoms with E-state index in [4.69, 9.17) is 18.9 Å². The number of nitrogens with one attached hydrogen (secondary N) is 2. The Morgan fingerprint density at radius 3 is 2.87 bits per heavy atom. The molecule has 1 unspecified atom stereocenters. The molecule has 0 radical (unpaired) electrons. The Hall–Kier alpha value is -1.87. The smallest absolute Gasteiger partial charge is 0.191 e. The van der Waals surface area contributed by atoms with Crippen molar-refractivity contribution in [1.82, 2.24) is 15.5 Å². The average Bonchev–Trinajstić information content (AvgIpc) is 3.30. The zero-order valence-corrected chi connectivity index (χ0v) is 18.1. The zero-order chi connectivity index (χ0) is 20.9. The van der Waals surface area contributed by atoms with Crippen molar-refractivity contribution in [3.63, 3.8) is 0 Å². The first kappa shape index (κ1) is 22.8. The van der Waals surface area contributed by atoms with Crippen LogP contribution in [-0.4, -0.2) is 89.8 Å². The number of rotatable bonds is 11. The van der Waals surface area contributed by atoms with Crippen LogP contribution in [0.4, 0.5) is 0 Å². The van der Waals surface area contributed by atoms with E-state index in [1.54, 1.807) is 7.05 Å². The van der Waals surface area contributed by atoms with E-state index >= 15 is 0 Å². The van der Waals surface area contributed by atoms with Gasteiger partial charge in [-0.1, -0.05) is 12.1 Å². The molecular weight excluding hydrogens is 384 g/mol. The molecule has 0 aliphatic carbocycles. The molecule has 2 heterocycles. The van der Waals surface area contributed by atoms with E-state index in [2.05, 4.69) is 32.7 Å². The molecule has 0 aromatic heterocycles. The summed E-state index contributed by atoms with van der Waals surface area (Å²) in [6.07, 6.45) is 2.21. The molecule has 0 spiro atoms. The van der Waals surface area contributed by atoms with Gasteiger partial charge in [0.15, 0.2) is 5.96 Å². The summed E-state index contributed by atoms with van der Waals surface area (Å²) in [6, 6.07) is 8.20. The van der Waals surface area contributed by atoms with E-state index in [-0.39, 0.29) is 6.10 Å². The summed E-state index contributed by atoms with van der Waals surface area (Å²) in [5.41, 5.74) is 1.16. The Kier molecular flexibility index (Phi) is 10.2. The number of guanidine groups is 1. The summed E-state index contributed by atoms with van der Waals surface area (Å²) < 4.78 is 22.4. The van der Waals surface area contributed by atoms with E-state index in [9.17, 15) is 0 Å². The van der Waals surface area contributed by atoms with E-state index in [0.29, 0.717) is 13.2 Å². The maximum Gasteiger partial charge on any atom is 0.191 e. The van der Waals surface area contributed by atoms with E-state index in [1.807, 2.05) is 12.1 Å². The molecule has 2 aliphatic heterocycles. The SMILES string of the molecule is CN=C(NCCCOC1CCOC1)NCc1cccc(OCCN2CCOCC2)c1. The van der Waals surface area contributed by atoms with E-state index < -0.39 is 0 Å². The molecule has 2 saturated heterocycles. The molecule has 0 bridgehead atoms. The van der Waals surface area contributed by atoms with Gasteiger partial charge >= 0.3 is 0 Å². The number of morpholine rings is 1. The standard InChI is InChI=1S/C22H36N4O4/c1-23-22(24-7-3-11-29-21-6-12-28-18-21)25-17-19-4-2-5-20(16-19)30-15-10-26-8-13-27-14-9-26/h2,4-5,16,21H,3,6-15,17-18H2,1H3,(H2,23,24,25). The molecule has 2 N–H and O–H groups in total. The summed E-state index contributed by atoms with van der Waals surface area (Å²) in [5, 5.41) is 6.68. The van der Waals surface area contributed by atoms with Crippen LogP contribution in [0.15, 0.2) is 29.3 Å². The zero-order valence-electron chi connectivity index (χ0n) is 18.1. The highest BCUT2D eigenvalue weighted by atomic mass is 16.5. The fourth-order valence-electron chi connectivity index (χ4n) is 3.44. The van der Waals surface area contributed by atoms with Gasteiger partial charge in [-0.25, -0.2) is 0 Å². The predicted octanol–water partition coefficient (Wildman–Crippen LogP) is 1.26. The lowest BCUT2D eigenvalue weighted by Crippen LogP contribution is -2.38. The molecular formula is C22H36N4O4. The normalized spacial score (nSPS) is 20.3. The number of hydrogen-bond donors (Lipinski definition) is 2. The summed E-state index contributed by atoms with van der Waals surface area (Å²) in [4.78, 5) is 6.66. The van der Waals surface area contributed by atoms with Gasteiger partial charge in [-0.2, -0.15) is 0 Å². The number of benzene rings is 1. The van der Waals surface area contributed by atoms with Crippen molar-refractivity contribution < 1.29 is 18.9 Å².